The molecule has 20 heavy (non-hydrogen) atoms. The van der Waals surface area contributed by atoms with Crippen molar-refractivity contribution in [2.75, 3.05) is 11.9 Å². The van der Waals surface area contributed by atoms with Crippen molar-refractivity contribution in [3.63, 3.8) is 0 Å². The molecule has 1 aromatic carbocycles. The molecule has 0 bridgehead atoms. The molecule has 110 valence electrons. The Morgan fingerprint density at radius 2 is 2.05 bits per heavy atom. The number of carbonyl (C=O) groups is 2. The van der Waals surface area contributed by atoms with Gasteiger partial charge in [-0.2, -0.15) is 0 Å². The Morgan fingerprint density at radius 3 is 2.55 bits per heavy atom. The first kappa shape index (κ1) is 16.8. The Morgan fingerprint density at radius 1 is 1.40 bits per heavy atom. The van der Waals surface area contributed by atoms with Gasteiger partial charge in [0.25, 0.3) is 0 Å². The minimum atomic E-state index is -0.929. The van der Waals surface area contributed by atoms with E-state index in [1.807, 2.05) is 0 Å². The molecule has 0 aromatic heterocycles. The highest BCUT2D eigenvalue weighted by atomic mass is 79.9. The lowest BCUT2D eigenvalue weighted by Crippen LogP contribution is -2.37. The van der Waals surface area contributed by atoms with Gasteiger partial charge >= 0.3 is 12.0 Å². The van der Waals surface area contributed by atoms with Crippen molar-refractivity contribution in [1.29, 1.82) is 0 Å². The first-order valence-corrected chi connectivity index (χ1v) is 7.21. The number of carbonyl (C=O) groups excluding carboxylic acids is 1. The zero-order valence-electron chi connectivity index (χ0n) is 11.1. The van der Waals surface area contributed by atoms with E-state index in [9.17, 15) is 9.59 Å². The normalized spacial score (nSPS) is 12.1. The second-order valence-electron chi connectivity index (χ2n) is 4.65. The minimum absolute atomic E-state index is 0.0625. The van der Waals surface area contributed by atoms with Gasteiger partial charge in [0, 0.05) is 11.0 Å². The summed E-state index contributed by atoms with van der Waals surface area (Å²) in [6.07, 6.45) is 0. The fourth-order valence-corrected chi connectivity index (χ4v) is 2.29. The largest absolute Gasteiger partial charge is 0.481 e. The summed E-state index contributed by atoms with van der Waals surface area (Å²) < 4.78 is 0.805. The predicted molar refractivity (Wildman–Crippen MR) is 82.1 cm³/mol. The van der Waals surface area contributed by atoms with E-state index < -0.39 is 17.9 Å². The molecule has 2 amide bonds. The number of aliphatic carboxylic acids is 1. The molecule has 0 saturated carbocycles. The Kier molecular flexibility index (Phi) is 6.29. The number of nitrogens with one attached hydrogen (secondary N) is 2. The monoisotopic (exact) mass is 362 g/mol. The van der Waals surface area contributed by atoms with Gasteiger partial charge in [0.05, 0.1) is 16.6 Å². The van der Waals surface area contributed by atoms with Crippen LogP contribution >= 0.6 is 27.5 Å². The maximum atomic E-state index is 11.7. The highest BCUT2D eigenvalue weighted by molar-refractivity contribution is 9.10. The van der Waals surface area contributed by atoms with Crippen LogP contribution in [0.25, 0.3) is 0 Å². The molecule has 0 heterocycles. The summed E-state index contributed by atoms with van der Waals surface area (Å²) in [5.74, 6) is -1.62. The van der Waals surface area contributed by atoms with Crippen LogP contribution in [-0.4, -0.2) is 23.7 Å². The number of anilines is 1. The van der Waals surface area contributed by atoms with Crippen LogP contribution in [0.2, 0.25) is 5.02 Å². The molecule has 0 aliphatic heterocycles. The molecule has 1 atom stereocenters. The van der Waals surface area contributed by atoms with E-state index >= 15 is 0 Å². The van der Waals surface area contributed by atoms with Crippen molar-refractivity contribution >= 4 is 45.2 Å². The number of rotatable bonds is 5. The average Bonchev–Trinajstić information content (AvgIpc) is 2.32. The molecule has 0 fully saturated rings. The van der Waals surface area contributed by atoms with Crippen LogP contribution in [0.5, 0.6) is 0 Å². The molecule has 1 rings (SSSR count). The molecule has 0 aliphatic carbocycles. The number of hydrogen-bond acceptors (Lipinski definition) is 2. The van der Waals surface area contributed by atoms with Gasteiger partial charge in [-0.05, 0) is 24.1 Å². The van der Waals surface area contributed by atoms with Crippen molar-refractivity contribution in [1.82, 2.24) is 5.32 Å². The molecule has 0 radical (unpaired) electrons. The van der Waals surface area contributed by atoms with Crippen molar-refractivity contribution in [2.45, 2.75) is 13.8 Å². The number of halogens is 2. The molecule has 1 aromatic rings. The number of carboxylic acid groups (broad SMARTS) is 1. The van der Waals surface area contributed by atoms with Crippen LogP contribution in [-0.2, 0) is 4.79 Å². The summed E-state index contributed by atoms with van der Waals surface area (Å²) in [5.41, 5.74) is 0.462. The van der Waals surface area contributed by atoms with Crippen molar-refractivity contribution in [2.24, 2.45) is 11.8 Å². The number of benzene rings is 1. The number of amides is 2. The van der Waals surface area contributed by atoms with Crippen LogP contribution in [0, 0.1) is 11.8 Å². The van der Waals surface area contributed by atoms with E-state index in [0.717, 1.165) is 4.47 Å². The molecule has 5 nitrogen and oxygen atoms in total. The van der Waals surface area contributed by atoms with E-state index in [4.69, 9.17) is 16.7 Å². The minimum Gasteiger partial charge on any atom is -0.481 e. The highest BCUT2D eigenvalue weighted by Crippen LogP contribution is 2.25. The van der Waals surface area contributed by atoms with Crippen LogP contribution in [0.3, 0.4) is 0 Å². The van der Waals surface area contributed by atoms with Crippen LogP contribution < -0.4 is 10.6 Å². The van der Waals surface area contributed by atoms with Gasteiger partial charge in [0.2, 0.25) is 0 Å². The van der Waals surface area contributed by atoms with Crippen LogP contribution in [0.1, 0.15) is 13.8 Å². The summed E-state index contributed by atoms with van der Waals surface area (Å²) in [7, 11) is 0. The first-order chi connectivity index (χ1) is 9.31. The van der Waals surface area contributed by atoms with Gasteiger partial charge in [-0.15, -0.1) is 0 Å². The molecule has 0 spiro atoms. The Hall–Kier alpha value is -1.27. The van der Waals surface area contributed by atoms with Crippen molar-refractivity contribution in [3.8, 4) is 0 Å². The van der Waals surface area contributed by atoms with Crippen molar-refractivity contribution < 1.29 is 14.7 Å². The summed E-state index contributed by atoms with van der Waals surface area (Å²) in [5, 5.41) is 14.5. The highest BCUT2D eigenvalue weighted by Gasteiger charge is 2.22. The zero-order chi connectivity index (χ0) is 15.3. The topological polar surface area (TPSA) is 78.4 Å². The average molecular weight is 364 g/mol. The third-order valence-electron chi connectivity index (χ3n) is 2.78. The fraction of sp³-hybridized carbons (Fsp3) is 0.385. The number of hydrogen-bond donors (Lipinski definition) is 3. The van der Waals surface area contributed by atoms with Crippen LogP contribution in [0.4, 0.5) is 10.5 Å². The van der Waals surface area contributed by atoms with Gasteiger partial charge in [0.15, 0.2) is 0 Å². The Balaban J connectivity index is 2.57. The summed E-state index contributed by atoms with van der Waals surface area (Å²) in [4.78, 5) is 22.7. The quantitative estimate of drug-likeness (QED) is 0.748. The van der Waals surface area contributed by atoms with E-state index in [0.29, 0.717) is 10.7 Å². The molecule has 0 saturated heterocycles. The van der Waals surface area contributed by atoms with E-state index in [1.165, 1.54) is 0 Å². The summed E-state index contributed by atoms with van der Waals surface area (Å²) in [6, 6.07) is 4.57. The van der Waals surface area contributed by atoms with Gasteiger partial charge in [-0.3, -0.25) is 4.79 Å². The lowest BCUT2D eigenvalue weighted by Gasteiger charge is -2.17. The smallest absolute Gasteiger partial charge is 0.319 e. The van der Waals surface area contributed by atoms with E-state index in [2.05, 4.69) is 26.6 Å². The summed E-state index contributed by atoms with van der Waals surface area (Å²) in [6.45, 7) is 3.65. The van der Waals surface area contributed by atoms with Crippen LogP contribution in [0.15, 0.2) is 22.7 Å². The molecule has 7 heteroatoms. The molecule has 1 unspecified atom stereocenters. The lowest BCUT2D eigenvalue weighted by molar-refractivity contribution is -0.142. The zero-order valence-corrected chi connectivity index (χ0v) is 13.5. The third kappa shape index (κ3) is 5.02. The van der Waals surface area contributed by atoms with E-state index in [1.54, 1.807) is 32.0 Å². The summed E-state index contributed by atoms with van der Waals surface area (Å²) >= 11 is 9.24. The first-order valence-electron chi connectivity index (χ1n) is 6.04. The predicted octanol–water partition coefficient (Wildman–Crippen LogP) is 3.58. The van der Waals surface area contributed by atoms with Gasteiger partial charge in [-0.25, -0.2) is 4.79 Å². The second-order valence-corrected chi connectivity index (χ2v) is 5.97. The van der Waals surface area contributed by atoms with Gasteiger partial charge in [-0.1, -0.05) is 41.4 Å². The maximum Gasteiger partial charge on any atom is 0.319 e. The number of carboxylic acids is 1. The van der Waals surface area contributed by atoms with Gasteiger partial charge in [0.1, 0.15) is 0 Å². The second kappa shape index (κ2) is 7.50. The SMILES string of the molecule is CC(C)C(CNC(=O)Nc1ccc(Br)cc1Cl)C(=O)O. The maximum absolute atomic E-state index is 11.7. The van der Waals surface area contributed by atoms with Crippen molar-refractivity contribution in [3.05, 3.63) is 27.7 Å². The lowest BCUT2D eigenvalue weighted by atomic mass is 9.96. The molecule has 3 N–H and O–H groups in total. The van der Waals surface area contributed by atoms with Gasteiger partial charge < -0.3 is 15.7 Å². The molecular formula is C13H16BrClN2O3. The Bertz CT molecular complexity index is 508. The fourth-order valence-electron chi connectivity index (χ4n) is 1.57. The van der Waals surface area contributed by atoms with E-state index in [-0.39, 0.29) is 12.5 Å². The standard InChI is InChI=1S/C13H16BrClN2O3/c1-7(2)9(12(18)19)6-16-13(20)17-11-4-3-8(14)5-10(11)15/h3-5,7,9H,6H2,1-2H3,(H,18,19)(H2,16,17,20). The molecular weight excluding hydrogens is 348 g/mol. The number of urea groups is 1. The Labute approximate surface area is 130 Å². The molecule has 0 aliphatic rings. The third-order valence-corrected chi connectivity index (χ3v) is 3.59.